The Bertz CT molecular complexity index is 1070. The predicted molar refractivity (Wildman–Crippen MR) is 114 cm³/mol. The number of fused-ring (bicyclic) bond motifs is 3. The zero-order valence-electron chi connectivity index (χ0n) is 16.5. The number of aryl methyl sites for hydroxylation is 2. The molecule has 1 aromatic carbocycles. The fourth-order valence-electron chi connectivity index (χ4n) is 3.81. The van der Waals surface area contributed by atoms with E-state index < -0.39 is 0 Å². The molecule has 2 heterocycles. The minimum atomic E-state index is 0.0641. The highest BCUT2D eigenvalue weighted by atomic mass is 32.1. The minimum Gasteiger partial charge on any atom is -0.493 e. The van der Waals surface area contributed by atoms with Crippen molar-refractivity contribution in [3.63, 3.8) is 0 Å². The monoisotopic (exact) mass is 399 g/mol. The molecule has 6 nitrogen and oxygen atoms in total. The lowest BCUT2D eigenvalue weighted by atomic mass is 9.97. The molecule has 0 unspecified atom stereocenters. The van der Waals surface area contributed by atoms with Gasteiger partial charge in [-0.05, 0) is 49.8 Å². The van der Waals surface area contributed by atoms with Crippen molar-refractivity contribution in [2.75, 3.05) is 19.5 Å². The van der Waals surface area contributed by atoms with Gasteiger partial charge in [0, 0.05) is 23.2 Å². The molecule has 1 aliphatic rings. The second-order valence-corrected chi connectivity index (χ2v) is 8.06. The first-order valence-corrected chi connectivity index (χ1v) is 10.5. The van der Waals surface area contributed by atoms with E-state index >= 15 is 0 Å². The molecule has 0 aliphatic heterocycles. The van der Waals surface area contributed by atoms with Gasteiger partial charge < -0.3 is 14.8 Å². The number of anilines is 2. The summed E-state index contributed by atoms with van der Waals surface area (Å²) in [5.41, 5.74) is 2.09. The van der Waals surface area contributed by atoms with Gasteiger partial charge in [0.1, 0.15) is 4.83 Å². The van der Waals surface area contributed by atoms with Gasteiger partial charge in [-0.2, -0.15) is 0 Å². The van der Waals surface area contributed by atoms with Crippen molar-refractivity contribution in [2.24, 2.45) is 0 Å². The number of hydrogen-bond donors (Lipinski definition) is 1. The third-order valence-electron chi connectivity index (χ3n) is 5.16. The number of hydrogen-bond acceptors (Lipinski definition) is 6. The summed E-state index contributed by atoms with van der Waals surface area (Å²) in [6, 6.07) is 5.59. The van der Waals surface area contributed by atoms with Gasteiger partial charge in [-0.1, -0.05) is 6.92 Å². The van der Waals surface area contributed by atoms with Crippen molar-refractivity contribution < 1.29 is 9.47 Å². The fraction of sp³-hybridized carbons (Fsp3) is 0.429. The second-order valence-electron chi connectivity index (χ2n) is 6.98. The maximum Gasteiger partial charge on any atom is 0.263 e. The molecule has 1 N–H and O–H groups in total. The quantitative estimate of drug-likeness (QED) is 0.661. The number of nitrogens with zero attached hydrogens (tertiary/aromatic N) is 2. The molecule has 0 saturated carbocycles. The van der Waals surface area contributed by atoms with Crippen LogP contribution in [0.3, 0.4) is 0 Å². The zero-order chi connectivity index (χ0) is 19.7. The van der Waals surface area contributed by atoms with Crippen molar-refractivity contribution in [3.05, 3.63) is 39.0 Å². The van der Waals surface area contributed by atoms with E-state index in [1.165, 1.54) is 16.9 Å². The first-order chi connectivity index (χ1) is 13.7. The molecular weight excluding hydrogens is 374 g/mol. The van der Waals surface area contributed by atoms with Crippen LogP contribution in [0.4, 0.5) is 11.6 Å². The van der Waals surface area contributed by atoms with Crippen LogP contribution >= 0.6 is 11.3 Å². The third kappa shape index (κ3) is 3.24. The maximum atomic E-state index is 13.3. The molecule has 1 aliphatic carbocycles. The summed E-state index contributed by atoms with van der Waals surface area (Å²) in [6.07, 6.45) is 5.25. The van der Waals surface area contributed by atoms with Gasteiger partial charge in [-0.3, -0.25) is 9.36 Å². The summed E-state index contributed by atoms with van der Waals surface area (Å²) in [7, 11) is 3.22. The number of aromatic nitrogens is 2. The Balaban J connectivity index is 1.82. The van der Waals surface area contributed by atoms with Crippen LogP contribution in [-0.4, -0.2) is 23.8 Å². The van der Waals surface area contributed by atoms with Crippen molar-refractivity contribution >= 4 is 33.2 Å². The van der Waals surface area contributed by atoms with E-state index in [1.54, 1.807) is 30.1 Å². The Hall–Kier alpha value is -2.54. The number of ether oxygens (including phenoxy) is 2. The lowest BCUT2D eigenvalue weighted by Gasteiger charge is -2.15. The van der Waals surface area contributed by atoms with Gasteiger partial charge >= 0.3 is 0 Å². The van der Waals surface area contributed by atoms with Gasteiger partial charge in [0.25, 0.3) is 5.56 Å². The molecule has 3 aromatic rings. The van der Waals surface area contributed by atoms with Crippen molar-refractivity contribution in [2.45, 2.75) is 45.6 Å². The number of nitrogens with one attached hydrogen (secondary N) is 1. The average molecular weight is 400 g/mol. The topological polar surface area (TPSA) is 65.4 Å². The van der Waals surface area contributed by atoms with Gasteiger partial charge in [-0.15, -0.1) is 11.3 Å². The molecule has 28 heavy (non-hydrogen) atoms. The van der Waals surface area contributed by atoms with E-state index in [4.69, 9.17) is 14.5 Å². The fourth-order valence-corrected chi connectivity index (χ4v) is 5.06. The van der Waals surface area contributed by atoms with Crippen LogP contribution in [0, 0.1) is 0 Å². The van der Waals surface area contributed by atoms with Crippen molar-refractivity contribution in [3.8, 4) is 11.5 Å². The molecule has 0 spiro atoms. The minimum absolute atomic E-state index is 0.0641. The molecule has 0 fully saturated rings. The molecule has 0 amide bonds. The second kappa shape index (κ2) is 7.83. The Kier molecular flexibility index (Phi) is 5.26. The lowest BCUT2D eigenvalue weighted by Crippen LogP contribution is -2.24. The third-order valence-corrected chi connectivity index (χ3v) is 6.35. The van der Waals surface area contributed by atoms with E-state index in [0.717, 1.165) is 41.6 Å². The van der Waals surface area contributed by atoms with E-state index in [2.05, 4.69) is 12.2 Å². The summed E-state index contributed by atoms with van der Waals surface area (Å²) in [5, 5.41) is 4.14. The highest BCUT2D eigenvalue weighted by Crippen LogP contribution is 2.35. The molecule has 0 saturated heterocycles. The maximum absolute atomic E-state index is 13.3. The van der Waals surface area contributed by atoms with Crippen LogP contribution in [0.1, 0.15) is 36.6 Å². The first kappa shape index (κ1) is 18.8. The van der Waals surface area contributed by atoms with Crippen LogP contribution in [0.25, 0.3) is 10.2 Å². The molecule has 0 bridgehead atoms. The van der Waals surface area contributed by atoms with Crippen LogP contribution in [0.5, 0.6) is 11.5 Å². The van der Waals surface area contributed by atoms with Crippen molar-refractivity contribution in [1.82, 2.24) is 9.55 Å². The smallest absolute Gasteiger partial charge is 0.263 e. The SMILES string of the molecule is CCCn1c(Nc2ccc(OC)c(OC)c2)nc2sc3c(c2c1=O)CCCC3. The molecule has 0 radical (unpaired) electrons. The first-order valence-electron chi connectivity index (χ1n) is 9.70. The normalized spacial score (nSPS) is 13.4. The molecule has 7 heteroatoms. The summed E-state index contributed by atoms with van der Waals surface area (Å²) < 4.78 is 12.5. The average Bonchev–Trinajstić information content (AvgIpc) is 3.09. The number of thiophene rings is 1. The summed E-state index contributed by atoms with van der Waals surface area (Å²) in [5.74, 6) is 1.86. The molecule has 0 atom stereocenters. The lowest BCUT2D eigenvalue weighted by molar-refractivity contribution is 0.355. The van der Waals surface area contributed by atoms with Gasteiger partial charge in [0.2, 0.25) is 5.95 Å². The van der Waals surface area contributed by atoms with Crippen molar-refractivity contribution in [1.29, 1.82) is 0 Å². The largest absolute Gasteiger partial charge is 0.493 e. The van der Waals surface area contributed by atoms with E-state index in [0.29, 0.717) is 24.0 Å². The summed E-state index contributed by atoms with van der Waals surface area (Å²) in [4.78, 5) is 20.4. The standard InChI is InChI=1S/C21H25N3O3S/c1-4-11-24-20(25)18-14-7-5-6-8-17(14)28-19(18)23-21(24)22-13-9-10-15(26-2)16(12-13)27-3/h9-10,12H,4-8,11H2,1-3H3,(H,22,23). The predicted octanol–water partition coefficient (Wildman–Crippen LogP) is 4.51. The van der Waals surface area contributed by atoms with E-state index in [9.17, 15) is 4.79 Å². The van der Waals surface area contributed by atoms with Crippen LogP contribution in [0.2, 0.25) is 0 Å². The van der Waals surface area contributed by atoms with Gasteiger partial charge in [-0.25, -0.2) is 4.98 Å². The van der Waals surface area contributed by atoms with Crippen LogP contribution < -0.4 is 20.3 Å². The number of benzene rings is 1. The highest BCUT2D eigenvalue weighted by Gasteiger charge is 2.22. The number of rotatable bonds is 6. The molecule has 4 rings (SSSR count). The van der Waals surface area contributed by atoms with Crippen LogP contribution in [0.15, 0.2) is 23.0 Å². The highest BCUT2D eigenvalue weighted by molar-refractivity contribution is 7.18. The molecule has 2 aromatic heterocycles. The van der Waals surface area contributed by atoms with Crippen LogP contribution in [-0.2, 0) is 19.4 Å². The molecule has 148 valence electrons. The van der Waals surface area contributed by atoms with Gasteiger partial charge in [0.05, 0.1) is 19.6 Å². The zero-order valence-corrected chi connectivity index (χ0v) is 17.3. The van der Waals surface area contributed by atoms with E-state index in [1.807, 2.05) is 18.2 Å². The Morgan fingerprint density at radius 3 is 2.71 bits per heavy atom. The Morgan fingerprint density at radius 2 is 1.96 bits per heavy atom. The van der Waals surface area contributed by atoms with E-state index in [-0.39, 0.29) is 5.56 Å². The summed E-state index contributed by atoms with van der Waals surface area (Å²) >= 11 is 1.67. The summed E-state index contributed by atoms with van der Waals surface area (Å²) in [6.45, 7) is 2.70. The Morgan fingerprint density at radius 1 is 1.18 bits per heavy atom. The number of methoxy groups -OCH3 is 2. The Labute approximate surface area is 168 Å². The molecular formula is C21H25N3O3S. The van der Waals surface area contributed by atoms with Gasteiger partial charge in [0.15, 0.2) is 11.5 Å².